The number of benzene rings is 1. The third kappa shape index (κ3) is 2.80. The van der Waals surface area contributed by atoms with Gasteiger partial charge in [-0.05, 0) is 31.4 Å². The average molecular weight is 288 g/mol. The molecule has 4 nitrogen and oxygen atoms in total. The monoisotopic (exact) mass is 288 g/mol. The number of amides is 2. The minimum Gasteiger partial charge on any atom is -0.340 e. The molecule has 1 aliphatic heterocycles. The van der Waals surface area contributed by atoms with E-state index in [0.29, 0.717) is 5.56 Å². The Hall–Kier alpha value is -1.84. The molecule has 1 aromatic rings. The lowest BCUT2D eigenvalue weighted by molar-refractivity contribution is -0.121. The number of hydrogen-bond donors (Lipinski definition) is 1. The molecule has 0 saturated carbocycles. The SMILES string of the molecule is CCC(C)C1NC(=O)c2ccccc2N(C(C)CC)C1=O. The first-order chi connectivity index (χ1) is 10.0. The highest BCUT2D eigenvalue weighted by Crippen LogP contribution is 2.29. The van der Waals surface area contributed by atoms with Crippen LogP contribution in [0.3, 0.4) is 0 Å². The fourth-order valence-electron chi connectivity index (χ4n) is 2.68. The highest BCUT2D eigenvalue weighted by Gasteiger charge is 2.37. The molecule has 1 heterocycles. The van der Waals surface area contributed by atoms with E-state index in [-0.39, 0.29) is 23.8 Å². The summed E-state index contributed by atoms with van der Waals surface area (Å²) >= 11 is 0. The molecule has 1 N–H and O–H groups in total. The van der Waals surface area contributed by atoms with Crippen LogP contribution in [0, 0.1) is 5.92 Å². The third-order valence-electron chi connectivity index (χ3n) is 4.44. The van der Waals surface area contributed by atoms with Crippen molar-refractivity contribution >= 4 is 17.5 Å². The highest BCUT2D eigenvalue weighted by molar-refractivity contribution is 6.11. The molecule has 0 aliphatic carbocycles. The zero-order valence-corrected chi connectivity index (χ0v) is 13.2. The standard InChI is InChI=1S/C17H24N2O2/c1-5-11(3)15-17(21)19(12(4)6-2)14-10-8-7-9-13(14)16(20)18-15/h7-12,15H,5-6H2,1-4H3,(H,18,20). The van der Waals surface area contributed by atoms with E-state index in [2.05, 4.69) is 12.2 Å². The lowest BCUT2D eigenvalue weighted by Gasteiger charge is -2.32. The van der Waals surface area contributed by atoms with E-state index in [4.69, 9.17) is 0 Å². The van der Waals surface area contributed by atoms with Crippen molar-refractivity contribution in [3.63, 3.8) is 0 Å². The van der Waals surface area contributed by atoms with Gasteiger partial charge < -0.3 is 10.2 Å². The number of hydrogen-bond acceptors (Lipinski definition) is 2. The molecule has 0 radical (unpaired) electrons. The molecule has 0 bridgehead atoms. The van der Waals surface area contributed by atoms with Crippen LogP contribution in [0.25, 0.3) is 0 Å². The van der Waals surface area contributed by atoms with Crippen LogP contribution in [0.4, 0.5) is 5.69 Å². The number of nitrogens with one attached hydrogen (secondary N) is 1. The average Bonchev–Trinajstić information content (AvgIpc) is 2.61. The van der Waals surface area contributed by atoms with Gasteiger partial charge in [0.25, 0.3) is 5.91 Å². The van der Waals surface area contributed by atoms with Gasteiger partial charge in [-0.1, -0.05) is 39.3 Å². The first-order valence-electron chi connectivity index (χ1n) is 7.74. The fraction of sp³-hybridized carbons (Fsp3) is 0.529. The second-order valence-electron chi connectivity index (χ2n) is 5.82. The molecule has 114 valence electrons. The lowest BCUT2D eigenvalue weighted by Crippen LogP contribution is -2.51. The predicted octanol–water partition coefficient (Wildman–Crippen LogP) is 2.98. The maximum absolute atomic E-state index is 13.0. The quantitative estimate of drug-likeness (QED) is 0.926. The van der Waals surface area contributed by atoms with Crippen molar-refractivity contribution in [2.45, 2.75) is 52.6 Å². The second kappa shape index (κ2) is 6.29. The van der Waals surface area contributed by atoms with Crippen LogP contribution in [0.1, 0.15) is 50.9 Å². The van der Waals surface area contributed by atoms with E-state index in [1.807, 2.05) is 39.0 Å². The number of para-hydroxylation sites is 1. The molecular formula is C17H24N2O2. The van der Waals surface area contributed by atoms with E-state index in [1.54, 1.807) is 11.0 Å². The Morgan fingerprint density at radius 1 is 1.14 bits per heavy atom. The Balaban J connectivity index is 2.54. The van der Waals surface area contributed by atoms with Gasteiger partial charge >= 0.3 is 0 Å². The van der Waals surface area contributed by atoms with Crippen molar-refractivity contribution in [2.75, 3.05) is 4.90 Å². The first kappa shape index (κ1) is 15.5. The lowest BCUT2D eigenvalue weighted by atomic mass is 9.97. The molecule has 0 aromatic heterocycles. The number of fused-ring (bicyclic) bond motifs is 1. The van der Waals surface area contributed by atoms with Gasteiger partial charge in [0.1, 0.15) is 6.04 Å². The highest BCUT2D eigenvalue weighted by atomic mass is 16.2. The van der Waals surface area contributed by atoms with Gasteiger partial charge in [-0.25, -0.2) is 0 Å². The van der Waals surface area contributed by atoms with Gasteiger partial charge in [0.05, 0.1) is 11.3 Å². The normalized spacial score (nSPS) is 21.3. The first-order valence-corrected chi connectivity index (χ1v) is 7.74. The summed E-state index contributed by atoms with van der Waals surface area (Å²) in [4.78, 5) is 27.2. The van der Waals surface area contributed by atoms with E-state index in [1.165, 1.54) is 0 Å². The summed E-state index contributed by atoms with van der Waals surface area (Å²) in [6.45, 7) is 8.13. The largest absolute Gasteiger partial charge is 0.340 e. The molecule has 0 saturated heterocycles. The topological polar surface area (TPSA) is 49.4 Å². The van der Waals surface area contributed by atoms with E-state index >= 15 is 0 Å². The third-order valence-corrected chi connectivity index (χ3v) is 4.44. The van der Waals surface area contributed by atoms with Gasteiger partial charge in [-0.3, -0.25) is 9.59 Å². The Morgan fingerprint density at radius 3 is 2.43 bits per heavy atom. The van der Waals surface area contributed by atoms with Gasteiger partial charge in [-0.15, -0.1) is 0 Å². The molecule has 0 spiro atoms. The minimum atomic E-state index is -0.455. The number of rotatable bonds is 4. The van der Waals surface area contributed by atoms with Crippen LogP contribution < -0.4 is 10.2 Å². The number of carbonyl (C=O) groups excluding carboxylic acids is 2. The summed E-state index contributed by atoms with van der Waals surface area (Å²) in [5.74, 6) is -0.0469. The maximum atomic E-state index is 13.0. The Kier molecular flexibility index (Phi) is 4.66. The Morgan fingerprint density at radius 2 is 1.81 bits per heavy atom. The van der Waals surface area contributed by atoms with Crippen LogP contribution in [0.2, 0.25) is 0 Å². The van der Waals surface area contributed by atoms with Crippen LogP contribution in [0.5, 0.6) is 0 Å². The van der Waals surface area contributed by atoms with Gasteiger partial charge in [0.15, 0.2) is 0 Å². The molecule has 21 heavy (non-hydrogen) atoms. The number of anilines is 1. The zero-order valence-electron chi connectivity index (χ0n) is 13.2. The van der Waals surface area contributed by atoms with Crippen LogP contribution in [-0.4, -0.2) is 23.9 Å². The zero-order chi connectivity index (χ0) is 15.6. The van der Waals surface area contributed by atoms with Crippen molar-refractivity contribution in [3.8, 4) is 0 Å². The summed E-state index contributed by atoms with van der Waals surface area (Å²) in [5, 5.41) is 2.91. The molecular weight excluding hydrogens is 264 g/mol. The van der Waals surface area contributed by atoms with Gasteiger partial charge in [-0.2, -0.15) is 0 Å². The summed E-state index contributed by atoms with van der Waals surface area (Å²) in [6, 6.07) is 6.96. The van der Waals surface area contributed by atoms with Gasteiger partial charge in [0.2, 0.25) is 5.91 Å². The van der Waals surface area contributed by atoms with Crippen molar-refractivity contribution < 1.29 is 9.59 Å². The molecule has 2 amide bonds. The minimum absolute atomic E-state index is 0.00278. The van der Waals surface area contributed by atoms with Crippen LogP contribution in [-0.2, 0) is 4.79 Å². The maximum Gasteiger partial charge on any atom is 0.254 e. The molecule has 0 fully saturated rings. The Bertz CT molecular complexity index is 541. The van der Waals surface area contributed by atoms with E-state index in [9.17, 15) is 9.59 Å². The molecule has 4 heteroatoms. The Labute approximate surface area is 126 Å². The van der Waals surface area contributed by atoms with Crippen molar-refractivity contribution in [1.29, 1.82) is 0 Å². The predicted molar refractivity (Wildman–Crippen MR) is 84.4 cm³/mol. The summed E-state index contributed by atoms with van der Waals surface area (Å²) in [6.07, 6.45) is 1.70. The van der Waals surface area contributed by atoms with Crippen LogP contribution >= 0.6 is 0 Å². The van der Waals surface area contributed by atoms with Gasteiger partial charge in [0, 0.05) is 6.04 Å². The van der Waals surface area contributed by atoms with Crippen molar-refractivity contribution in [2.24, 2.45) is 5.92 Å². The fourth-order valence-corrected chi connectivity index (χ4v) is 2.68. The smallest absolute Gasteiger partial charge is 0.254 e. The van der Waals surface area contributed by atoms with Crippen molar-refractivity contribution in [3.05, 3.63) is 29.8 Å². The molecule has 1 aromatic carbocycles. The van der Waals surface area contributed by atoms with E-state index < -0.39 is 6.04 Å². The number of carbonyl (C=O) groups is 2. The molecule has 3 unspecified atom stereocenters. The molecule has 3 atom stereocenters. The second-order valence-corrected chi connectivity index (χ2v) is 5.82. The molecule has 1 aliphatic rings. The number of nitrogens with zero attached hydrogens (tertiary/aromatic N) is 1. The summed E-state index contributed by atoms with van der Waals surface area (Å²) in [7, 11) is 0. The summed E-state index contributed by atoms with van der Waals surface area (Å²) < 4.78 is 0. The van der Waals surface area contributed by atoms with Crippen molar-refractivity contribution in [1.82, 2.24) is 5.32 Å². The molecule has 2 rings (SSSR count). The van der Waals surface area contributed by atoms with E-state index in [0.717, 1.165) is 18.5 Å². The summed E-state index contributed by atoms with van der Waals surface area (Å²) in [5.41, 5.74) is 1.30. The van der Waals surface area contributed by atoms with Crippen LogP contribution in [0.15, 0.2) is 24.3 Å².